The number of benzene rings is 2. The zero-order chi connectivity index (χ0) is 16.1. The van der Waals surface area contributed by atoms with Gasteiger partial charge in [0.2, 0.25) is 0 Å². The molecule has 2 aromatic carbocycles. The van der Waals surface area contributed by atoms with Crippen molar-refractivity contribution in [1.29, 1.82) is 0 Å². The third-order valence-corrected chi connectivity index (χ3v) is 3.19. The van der Waals surface area contributed by atoms with Crippen molar-refractivity contribution in [1.82, 2.24) is 0 Å². The first-order valence-electron chi connectivity index (χ1n) is 6.58. The van der Waals surface area contributed by atoms with Gasteiger partial charge in [-0.15, -0.1) is 0 Å². The molecule has 2 rings (SSSR count). The van der Waals surface area contributed by atoms with Gasteiger partial charge in [0, 0.05) is 11.3 Å². The molecule has 0 amide bonds. The minimum Gasteiger partial charge on any atom is -0.493 e. The van der Waals surface area contributed by atoms with Gasteiger partial charge in [0.25, 0.3) is 0 Å². The molecule has 22 heavy (non-hydrogen) atoms. The van der Waals surface area contributed by atoms with Crippen molar-refractivity contribution in [2.24, 2.45) is 0 Å². The number of nitrogens with two attached hydrogens (primary N) is 1. The maximum absolute atomic E-state index is 11.6. The highest BCUT2D eigenvalue weighted by Gasteiger charge is 2.14. The van der Waals surface area contributed by atoms with Crippen molar-refractivity contribution in [3.63, 3.8) is 0 Å². The molecule has 0 aliphatic carbocycles. The summed E-state index contributed by atoms with van der Waals surface area (Å²) in [4.78, 5) is 11.6. The van der Waals surface area contributed by atoms with Crippen molar-refractivity contribution in [3.8, 4) is 11.5 Å². The average Bonchev–Trinajstić information content (AvgIpc) is 2.52. The molecule has 0 saturated carbocycles. The Labute approximate surface area is 128 Å². The van der Waals surface area contributed by atoms with E-state index in [4.69, 9.17) is 15.2 Å². The molecule has 0 bridgehead atoms. The third-order valence-electron chi connectivity index (χ3n) is 3.19. The molecular formula is C17H17NO4. The summed E-state index contributed by atoms with van der Waals surface area (Å²) in [6.07, 6.45) is 1.55. The number of carbonyl (C=O) groups is 1. The minimum atomic E-state index is -1.03. The summed E-state index contributed by atoms with van der Waals surface area (Å²) in [5.74, 6) is -0.00728. The Bertz CT molecular complexity index is 705. The fourth-order valence-electron chi connectivity index (χ4n) is 2.11. The van der Waals surface area contributed by atoms with Crippen LogP contribution in [-0.4, -0.2) is 25.3 Å². The van der Waals surface area contributed by atoms with Gasteiger partial charge in [-0.1, -0.05) is 24.3 Å². The van der Waals surface area contributed by atoms with Crippen LogP contribution in [-0.2, 0) is 4.79 Å². The Morgan fingerprint density at radius 2 is 1.77 bits per heavy atom. The van der Waals surface area contributed by atoms with E-state index in [1.807, 2.05) is 0 Å². The first-order chi connectivity index (χ1) is 10.6. The molecule has 3 N–H and O–H groups in total. The zero-order valence-electron chi connectivity index (χ0n) is 12.4. The van der Waals surface area contributed by atoms with Gasteiger partial charge in [0.15, 0.2) is 11.5 Å². The Kier molecular flexibility index (Phi) is 4.68. The van der Waals surface area contributed by atoms with E-state index in [2.05, 4.69) is 0 Å². The lowest BCUT2D eigenvalue weighted by atomic mass is 10.0. The fourth-order valence-corrected chi connectivity index (χ4v) is 2.11. The van der Waals surface area contributed by atoms with Gasteiger partial charge in [0.05, 0.1) is 19.8 Å². The van der Waals surface area contributed by atoms with Crippen molar-refractivity contribution in [3.05, 3.63) is 53.6 Å². The average molecular weight is 299 g/mol. The molecule has 0 spiro atoms. The fraction of sp³-hybridized carbons (Fsp3) is 0.118. The molecule has 0 saturated heterocycles. The van der Waals surface area contributed by atoms with Gasteiger partial charge < -0.3 is 20.3 Å². The van der Waals surface area contributed by atoms with Crippen molar-refractivity contribution in [2.75, 3.05) is 20.0 Å². The van der Waals surface area contributed by atoms with Crippen LogP contribution in [0.15, 0.2) is 42.5 Å². The topological polar surface area (TPSA) is 81.8 Å². The third kappa shape index (κ3) is 3.20. The Morgan fingerprint density at radius 3 is 2.32 bits per heavy atom. The second-order valence-electron chi connectivity index (χ2n) is 4.57. The van der Waals surface area contributed by atoms with E-state index in [0.29, 0.717) is 28.3 Å². The normalized spacial score (nSPS) is 11.1. The van der Waals surface area contributed by atoms with Crippen molar-refractivity contribution >= 4 is 23.3 Å². The molecule has 0 heterocycles. The largest absolute Gasteiger partial charge is 0.493 e. The number of nitrogen functional groups attached to an aromatic ring is 1. The first-order valence-corrected chi connectivity index (χ1v) is 6.58. The second-order valence-corrected chi connectivity index (χ2v) is 4.57. The van der Waals surface area contributed by atoms with Gasteiger partial charge in [-0.05, 0) is 29.8 Å². The number of hydrogen-bond donors (Lipinski definition) is 2. The van der Waals surface area contributed by atoms with E-state index in [0.717, 1.165) is 0 Å². The van der Waals surface area contributed by atoms with Crippen LogP contribution in [0.2, 0.25) is 0 Å². The quantitative estimate of drug-likeness (QED) is 0.504. The predicted molar refractivity (Wildman–Crippen MR) is 85.9 cm³/mol. The highest BCUT2D eigenvalue weighted by Crippen LogP contribution is 2.33. The molecule has 0 unspecified atom stereocenters. The van der Waals surface area contributed by atoms with Crippen LogP contribution in [0.3, 0.4) is 0 Å². The molecule has 0 aliphatic heterocycles. The summed E-state index contributed by atoms with van der Waals surface area (Å²) < 4.78 is 10.5. The molecule has 0 radical (unpaired) electrons. The number of anilines is 1. The summed E-state index contributed by atoms with van der Waals surface area (Å²) in [5.41, 5.74) is 7.54. The molecule has 0 aliphatic rings. The SMILES string of the molecule is COc1cccc(/C=C(\C(=O)O)c2ccc(N)cc2)c1OC. The van der Waals surface area contributed by atoms with Gasteiger partial charge in [-0.25, -0.2) is 4.79 Å². The molecule has 0 aromatic heterocycles. The monoisotopic (exact) mass is 299 g/mol. The van der Waals surface area contributed by atoms with Crippen molar-refractivity contribution < 1.29 is 19.4 Å². The lowest BCUT2D eigenvalue weighted by Crippen LogP contribution is -2.01. The summed E-state index contributed by atoms with van der Waals surface area (Å²) in [6, 6.07) is 11.9. The number of hydrogen-bond acceptors (Lipinski definition) is 4. The summed E-state index contributed by atoms with van der Waals surface area (Å²) in [6.45, 7) is 0. The predicted octanol–water partition coefficient (Wildman–Crippen LogP) is 2.91. The number of aliphatic carboxylic acids is 1. The van der Waals surface area contributed by atoms with Crippen LogP contribution in [0.4, 0.5) is 5.69 Å². The molecular weight excluding hydrogens is 282 g/mol. The van der Waals surface area contributed by atoms with Crippen LogP contribution in [0.5, 0.6) is 11.5 Å². The van der Waals surface area contributed by atoms with Gasteiger partial charge >= 0.3 is 5.97 Å². The van der Waals surface area contributed by atoms with E-state index in [-0.39, 0.29) is 5.57 Å². The van der Waals surface area contributed by atoms with Crippen molar-refractivity contribution in [2.45, 2.75) is 0 Å². The van der Waals surface area contributed by atoms with Crippen LogP contribution in [0.1, 0.15) is 11.1 Å². The Morgan fingerprint density at radius 1 is 1.09 bits per heavy atom. The Hall–Kier alpha value is -2.95. The number of para-hydroxylation sites is 1. The van der Waals surface area contributed by atoms with Gasteiger partial charge in [-0.3, -0.25) is 0 Å². The van der Waals surface area contributed by atoms with E-state index in [1.165, 1.54) is 14.2 Å². The standard InChI is InChI=1S/C17H17NO4/c1-21-15-5-3-4-12(16(15)22-2)10-14(17(19)20)11-6-8-13(18)9-7-11/h3-10H,18H2,1-2H3,(H,19,20)/b14-10-. The van der Waals surface area contributed by atoms with Gasteiger partial charge in [-0.2, -0.15) is 0 Å². The number of ether oxygens (including phenoxy) is 2. The van der Waals surface area contributed by atoms with Crippen LogP contribution < -0.4 is 15.2 Å². The van der Waals surface area contributed by atoms with E-state index in [1.54, 1.807) is 48.5 Å². The number of methoxy groups -OCH3 is 2. The smallest absolute Gasteiger partial charge is 0.336 e. The summed E-state index contributed by atoms with van der Waals surface area (Å²) >= 11 is 0. The highest BCUT2D eigenvalue weighted by molar-refractivity contribution is 6.20. The molecule has 2 aromatic rings. The minimum absolute atomic E-state index is 0.145. The zero-order valence-corrected chi connectivity index (χ0v) is 12.4. The molecule has 5 nitrogen and oxygen atoms in total. The van der Waals surface area contributed by atoms with Crippen LogP contribution >= 0.6 is 0 Å². The lowest BCUT2D eigenvalue weighted by Gasteiger charge is -2.11. The molecule has 114 valence electrons. The maximum Gasteiger partial charge on any atom is 0.336 e. The highest BCUT2D eigenvalue weighted by atomic mass is 16.5. The molecule has 0 atom stereocenters. The summed E-state index contributed by atoms with van der Waals surface area (Å²) in [7, 11) is 3.04. The number of rotatable bonds is 5. The molecule has 5 heteroatoms. The van der Waals surface area contributed by atoms with Crippen LogP contribution in [0.25, 0.3) is 11.6 Å². The van der Waals surface area contributed by atoms with Crippen LogP contribution in [0, 0.1) is 0 Å². The van der Waals surface area contributed by atoms with E-state index < -0.39 is 5.97 Å². The maximum atomic E-state index is 11.6. The second kappa shape index (κ2) is 6.67. The number of carboxylic acid groups (broad SMARTS) is 1. The van der Waals surface area contributed by atoms with E-state index in [9.17, 15) is 9.90 Å². The lowest BCUT2D eigenvalue weighted by molar-refractivity contribution is -0.130. The number of carboxylic acids is 1. The van der Waals surface area contributed by atoms with E-state index >= 15 is 0 Å². The first kappa shape index (κ1) is 15.4. The summed E-state index contributed by atoms with van der Waals surface area (Å²) in [5, 5.41) is 9.48. The Balaban J connectivity index is 2.56. The molecule has 0 fully saturated rings. The van der Waals surface area contributed by atoms with Gasteiger partial charge in [0.1, 0.15) is 0 Å².